The third-order valence-corrected chi connectivity index (χ3v) is 4.58. The Morgan fingerprint density at radius 2 is 1.85 bits per heavy atom. The van der Waals surface area contributed by atoms with Gasteiger partial charge in [0.2, 0.25) is 11.7 Å². The van der Waals surface area contributed by atoms with E-state index in [4.69, 9.17) is 13.9 Å². The van der Waals surface area contributed by atoms with Gasteiger partial charge in [0.05, 0.1) is 31.9 Å². The van der Waals surface area contributed by atoms with Gasteiger partial charge < -0.3 is 24.5 Å². The third-order valence-electron chi connectivity index (χ3n) is 4.58. The highest BCUT2D eigenvalue weighted by molar-refractivity contribution is 6.04. The summed E-state index contributed by atoms with van der Waals surface area (Å²) in [6, 6.07) is 15.2. The lowest BCUT2D eigenvalue weighted by atomic mass is 10.1. The normalized spacial score (nSPS) is 10.5. The van der Waals surface area contributed by atoms with Crippen molar-refractivity contribution in [3.63, 3.8) is 0 Å². The topological polar surface area (TPSA) is 133 Å². The molecule has 4 aromatic rings. The van der Waals surface area contributed by atoms with Crippen molar-refractivity contribution < 1.29 is 23.5 Å². The predicted octanol–water partition coefficient (Wildman–Crippen LogP) is 2.84. The number of carbonyl (C=O) groups excluding carboxylic acids is 2. The maximum Gasteiger partial charge on any atom is 0.291 e. The molecule has 0 saturated heterocycles. The van der Waals surface area contributed by atoms with E-state index in [2.05, 4.69) is 26.0 Å². The molecular formula is C22H20N6O5. The molecule has 0 radical (unpaired) electrons. The van der Waals surface area contributed by atoms with Gasteiger partial charge >= 0.3 is 0 Å². The summed E-state index contributed by atoms with van der Waals surface area (Å²) in [5.74, 6) is 0.697. The Morgan fingerprint density at radius 1 is 1.00 bits per heavy atom. The van der Waals surface area contributed by atoms with Crippen LogP contribution in [0, 0.1) is 0 Å². The van der Waals surface area contributed by atoms with Crippen LogP contribution < -0.4 is 20.1 Å². The Balaban J connectivity index is 1.47. The lowest BCUT2D eigenvalue weighted by Crippen LogP contribution is -2.20. The van der Waals surface area contributed by atoms with Crippen LogP contribution in [-0.4, -0.2) is 46.2 Å². The van der Waals surface area contributed by atoms with E-state index in [1.165, 1.54) is 13.4 Å². The number of anilines is 2. The number of nitrogens with zero attached hydrogens (tertiary/aromatic N) is 4. The summed E-state index contributed by atoms with van der Waals surface area (Å²) in [5, 5.41) is 17.7. The first-order valence-electron chi connectivity index (χ1n) is 9.81. The van der Waals surface area contributed by atoms with E-state index >= 15 is 0 Å². The quantitative estimate of drug-likeness (QED) is 0.420. The zero-order chi connectivity index (χ0) is 23.2. The number of aromatic nitrogens is 4. The fraction of sp³-hybridized carbons (Fsp3) is 0.136. The molecule has 33 heavy (non-hydrogen) atoms. The van der Waals surface area contributed by atoms with E-state index in [1.54, 1.807) is 61.7 Å². The van der Waals surface area contributed by atoms with Crippen LogP contribution in [-0.2, 0) is 11.3 Å². The predicted molar refractivity (Wildman–Crippen MR) is 118 cm³/mol. The van der Waals surface area contributed by atoms with Crippen molar-refractivity contribution >= 4 is 23.2 Å². The maximum atomic E-state index is 12.5. The molecule has 0 unspecified atom stereocenters. The summed E-state index contributed by atoms with van der Waals surface area (Å²) in [5.41, 5.74) is 1.50. The second-order valence-electron chi connectivity index (χ2n) is 6.73. The summed E-state index contributed by atoms with van der Waals surface area (Å²) in [6.07, 6.45) is 1.42. The van der Waals surface area contributed by atoms with Crippen molar-refractivity contribution in [1.82, 2.24) is 20.2 Å². The molecule has 168 valence electrons. The van der Waals surface area contributed by atoms with Crippen molar-refractivity contribution in [2.75, 3.05) is 24.9 Å². The highest BCUT2D eigenvalue weighted by Gasteiger charge is 2.16. The molecule has 2 aromatic carbocycles. The first-order chi connectivity index (χ1) is 16.1. The maximum absolute atomic E-state index is 12.5. The highest BCUT2D eigenvalue weighted by atomic mass is 16.5. The van der Waals surface area contributed by atoms with Gasteiger partial charge in [0, 0.05) is 11.6 Å². The van der Waals surface area contributed by atoms with E-state index in [0.29, 0.717) is 28.4 Å². The van der Waals surface area contributed by atoms with Gasteiger partial charge in [0.15, 0.2) is 5.76 Å². The number of hydrogen-bond acceptors (Lipinski definition) is 8. The average molecular weight is 448 g/mol. The van der Waals surface area contributed by atoms with Crippen LogP contribution in [0.2, 0.25) is 0 Å². The molecule has 0 aliphatic heterocycles. The number of carbonyl (C=O) groups is 2. The SMILES string of the molecule is COc1ccc(NC(=O)Cn2nnc(-c3ccccc3NC(=O)c3ccco3)n2)c(OC)c1. The molecular weight excluding hydrogens is 428 g/mol. The van der Waals surface area contributed by atoms with Gasteiger partial charge in [-0.15, -0.1) is 10.2 Å². The van der Waals surface area contributed by atoms with Crippen LogP contribution in [0.15, 0.2) is 65.3 Å². The molecule has 0 saturated carbocycles. The molecule has 0 aliphatic carbocycles. The van der Waals surface area contributed by atoms with E-state index < -0.39 is 5.91 Å². The van der Waals surface area contributed by atoms with Crippen LogP contribution in [0.3, 0.4) is 0 Å². The molecule has 0 aliphatic rings. The number of benzene rings is 2. The van der Waals surface area contributed by atoms with Gasteiger partial charge in [-0.25, -0.2) is 0 Å². The number of tetrazole rings is 1. The van der Waals surface area contributed by atoms with Crippen molar-refractivity contribution in [2.45, 2.75) is 6.54 Å². The molecule has 4 rings (SSSR count). The Bertz CT molecular complexity index is 1270. The Labute approximate surface area is 188 Å². The van der Waals surface area contributed by atoms with Gasteiger partial charge in [0.1, 0.15) is 18.0 Å². The van der Waals surface area contributed by atoms with E-state index in [-0.39, 0.29) is 24.0 Å². The number of amides is 2. The van der Waals surface area contributed by atoms with Crippen molar-refractivity contribution in [1.29, 1.82) is 0 Å². The molecule has 2 aromatic heterocycles. The Hall–Kier alpha value is -4.67. The second kappa shape index (κ2) is 9.64. The molecule has 2 heterocycles. The number of ether oxygens (including phenoxy) is 2. The number of furan rings is 1. The molecule has 11 nitrogen and oxygen atoms in total. The minimum Gasteiger partial charge on any atom is -0.497 e. The number of nitrogens with one attached hydrogen (secondary N) is 2. The lowest BCUT2D eigenvalue weighted by molar-refractivity contribution is -0.117. The zero-order valence-electron chi connectivity index (χ0n) is 17.8. The summed E-state index contributed by atoms with van der Waals surface area (Å²) in [6.45, 7) is -0.177. The number of hydrogen-bond donors (Lipinski definition) is 2. The van der Waals surface area contributed by atoms with Crippen LogP contribution >= 0.6 is 0 Å². The molecule has 0 atom stereocenters. The summed E-state index contributed by atoms with van der Waals surface area (Å²) in [7, 11) is 3.04. The van der Waals surface area contributed by atoms with Gasteiger partial charge in [-0.05, 0) is 41.6 Å². The first kappa shape index (κ1) is 21.6. The minimum absolute atomic E-state index is 0.173. The second-order valence-corrected chi connectivity index (χ2v) is 6.73. The number of methoxy groups -OCH3 is 2. The van der Waals surface area contributed by atoms with Crippen molar-refractivity contribution in [3.8, 4) is 22.9 Å². The molecule has 2 N–H and O–H groups in total. The van der Waals surface area contributed by atoms with Crippen LogP contribution in [0.5, 0.6) is 11.5 Å². The molecule has 0 fully saturated rings. The third kappa shape index (κ3) is 4.98. The van der Waals surface area contributed by atoms with Gasteiger partial charge in [-0.2, -0.15) is 4.80 Å². The average Bonchev–Trinajstić information content (AvgIpc) is 3.52. The van der Waals surface area contributed by atoms with Crippen LogP contribution in [0.4, 0.5) is 11.4 Å². The van der Waals surface area contributed by atoms with E-state index in [1.807, 2.05) is 0 Å². The molecule has 0 spiro atoms. The van der Waals surface area contributed by atoms with E-state index in [0.717, 1.165) is 4.80 Å². The largest absolute Gasteiger partial charge is 0.497 e. The fourth-order valence-electron chi connectivity index (χ4n) is 3.02. The smallest absolute Gasteiger partial charge is 0.291 e. The Kier molecular flexibility index (Phi) is 6.30. The van der Waals surface area contributed by atoms with Gasteiger partial charge in [0.25, 0.3) is 5.91 Å². The molecule has 11 heteroatoms. The summed E-state index contributed by atoms with van der Waals surface area (Å²) < 4.78 is 15.6. The van der Waals surface area contributed by atoms with Gasteiger partial charge in [-0.1, -0.05) is 12.1 Å². The lowest BCUT2D eigenvalue weighted by Gasteiger charge is -2.11. The van der Waals surface area contributed by atoms with Crippen LogP contribution in [0.1, 0.15) is 10.6 Å². The fourth-order valence-corrected chi connectivity index (χ4v) is 3.02. The standard InChI is InChI=1S/C22H20N6O5/c1-31-14-9-10-17(19(12-14)32-2)23-20(29)13-28-26-21(25-27-28)15-6-3-4-7-16(15)24-22(30)18-8-5-11-33-18/h3-12H,13H2,1-2H3,(H,23,29)(H,24,30). The first-order valence-corrected chi connectivity index (χ1v) is 9.81. The van der Waals surface area contributed by atoms with Gasteiger partial charge in [-0.3, -0.25) is 9.59 Å². The van der Waals surface area contributed by atoms with E-state index in [9.17, 15) is 9.59 Å². The zero-order valence-corrected chi connectivity index (χ0v) is 17.8. The molecule has 0 bridgehead atoms. The monoisotopic (exact) mass is 448 g/mol. The summed E-state index contributed by atoms with van der Waals surface area (Å²) in [4.78, 5) is 26.0. The molecule has 2 amide bonds. The minimum atomic E-state index is -0.410. The summed E-state index contributed by atoms with van der Waals surface area (Å²) >= 11 is 0. The van der Waals surface area contributed by atoms with Crippen LogP contribution in [0.25, 0.3) is 11.4 Å². The Morgan fingerprint density at radius 3 is 2.61 bits per heavy atom. The van der Waals surface area contributed by atoms with Crippen molar-refractivity contribution in [3.05, 3.63) is 66.6 Å². The number of para-hydroxylation sites is 1. The highest BCUT2D eigenvalue weighted by Crippen LogP contribution is 2.29. The van der Waals surface area contributed by atoms with Crippen molar-refractivity contribution in [2.24, 2.45) is 0 Å². The number of rotatable bonds is 8.